The fourth-order valence-corrected chi connectivity index (χ4v) is 3.64. The van der Waals surface area contributed by atoms with Crippen LogP contribution in [0.2, 0.25) is 0 Å². The predicted octanol–water partition coefficient (Wildman–Crippen LogP) is 1.97. The van der Waals surface area contributed by atoms with E-state index >= 15 is 0 Å². The molecule has 2 aliphatic rings. The molecule has 0 N–H and O–H groups in total. The fourth-order valence-electron chi connectivity index (χ4n) is 3.64. The molecule has 0 saturated carbocycles. The molecule has 2 aliphatic heterocycles. The summed E-state index contributed by atoms with van der Waals surface area (Å²) in [7, 11) is 0. The van der Waals surface area contributed by atoms with E-state index in [4.69, 9.17) is 14.0 Å². The van der Waals surface area contributed by atoms with Gasteiger partial charge in [0.05, 0.1) is 25.4 Å². The molecule has 7 nitrogen and oxygen atoms in total. The average Bonchev–Trinajstić information content (AvgIpc) is 3.24. The Kier molecular flexibility index (Phi) is 4.50. The Morgan fingerprint density at radius 2 is 2.36 bits per heavy atom. The number of aryl methyl sites for hydroxylation is 1. The van der Waals surface area contributed by atoms with Crippen LogP contribution in [0.5, 0.6) is 0 Å². The largest absolute Gasteiger partial charge is 0.373 e. The molecule has 2 aromatic rings. The van der Waals surface area contributed by atoms with Crippen LogP contribution < -0.4 is 0 Å². The highest BCUT2D eigenvalue weighted by Crippen LogP contribution is 2.32. The lowest BCUT2D eigenvalue weighted by Gasteiger charge is -2.32. The zero-order chi connectivity index (χ0) is 17.2. The Balaban J connectivity index is 1.49. The standard InChI is InChI=1S/C18H21N3O4/c1-12-14(9-20-25-12)18(22)21-10-16(17-15(21)5-3-7-23-17)24-11-13-4-2-6-19-8-13/h2,4,6,8-9,15-17H,3,5,7,10-11H2,1H3/t15-,16-,17+/m1/s1. The molecule has 2 saturated heterocycles. The van der Waals surface area contributed by atoms with Gasteiger partial charge in [-0.05, 0) is 31.4 Å². The summed E-state index contributed by atoms with van der Waals surface area (Å²) in [6, 6.07) is 3.90. The number of hydrogen-bond donors (Lipinski definition) is 0. The number of carbonyl (C=O) groups is 1. The Hall–Kier alpha value is -2.25. The van der Waals surface area contributed by atoms with Crippen molar-refractivity contribution in [2.75, 3.05) is 13.2 Å². The highest BCUT2D eigenvalue weighted by atomic mass is 16.5. The van der Waals surface area contributed by atoms with E-state index in [9.17, 15) is 4.79 Å². The van der Waals surface area contributed by atoms with E-state index in [-0.39, 0.29) is 24.2 Å². The van der Waals surface area contributed by atoms with Gasteiger partial charge in [-0.1, -0.05) is 11.2 Å². The summed E-state index contributed by atoms with van der Waals surface area (Å²) < 4.78 is 17.1. The highest BCUT2D eigenvalue weighted by molar-refractivity contribution is 5.95. The zero-order valence-corrected chi connectivity index (χ0v) is 14.1. The first-order valence-electron chi connectivity index (χ1n) is 8.58. The lowest BCUT2D eigenvalue weighted by Crippen LogP contribution is -2.43. The maximum Gasteiger partial charge on any atom is 0.259 e. The zero-order valence-electron chi connectivity index (χ0n) is 14.1. The molecule has 0 radical (unpaired) electrons. The van der Waals surface area contributed by atoms with Crippen LogP contribution in [-0.2, 0) is 16.1 Å². The van der Waals surface area contributed by atoms with Gasteiger partial charge in [-0.3, -0.25) is 9.78 Å². The molecule has 4 rings (SSSR count). The number of ether oxygens (including phenoxy) is 2. The Labute approximate surface area is 145 Å². The Morgan fingerprint density at radius 3 is 3.12 bits per heavy atom. The van der Waals surface area contributed by atoms with E-state index in [1.807, 2.05) is 17.0 Å². The molecule has 0 spiro atoms. The monoisotopic (exact) mass is 343 g/mol. The molecule has 25 heavy (non-hydrogen) atoms. The number of nitrogens with zero attached hydrogens (tertiary/aromatic N) is 3. The SMILES string of the molecule is Cc1oncc1C(=O)N1C[C@@H](OCc2cccnc2)[C@H]2OCCC[C@H]21. The molecule has 1 amide bonds. The van der Waals surface area contributed by atoms with E-state index in [0.29, 0.717) is 31.1 Å². The van der Waals surface area contributed by atoms with Gasteiger partial charge in [0, 0.05) is 19.0 Å². The number of carbonyl (C=O) groups excluding carboxylic acids is 1. The van der Waals surface area contributed by atoms with Crippen LogP contribution >= 0.6 is 0 Å². The average molecular weight is 343 g/mol. The van der Waals surface area contributed by atoms with E-state index in [0.717, 1.165) is 18.4 Å². The van der Waals surface area contributed by atoms with Gasteiger partial charge in [0.25, 0.3) is 5.91 Å². The molecule has 2 fully saturated rings. The van der Waals surface area contributed by atoms with Crippen molar-refractivity contribution in [3.63, 3.8) is 0 Å². The number of hydrogen-bond acceptors (Lipinski definition) is 6. The molecule has 0 aromatic carbocycles. The Morgan fingerprint density at radius 1 is 1.44 bits per heavy atom. The van der Waals surface area contributed by atoms with Gasteiger partial charge >= 0.3 is 0 Å². The van der Waals surface area contributed by atoms with Crippen molar-refractivity contribution in [3.8, 4) is 0 Å². The van der Waals surface area contributed by atoms with Gasteiger partial charge < -0.3 is 18.9 Å². The third kappa shape index (κ3) is 3.17. The molecule has 2 aromatic heterocycles. The van der Waals surface area contributed by atoms with Gasteiger partial charge in [-0.2, -0.15) is 0 Å². The molecular weight excluding hydrogens is 322 g/mol. The van der Waals surface area contributed by atoms with Crippen molar-refractivity contribution in [1.29, 1.82) is 0 Å². The fraction of sp³-hybridized carbons (Fsp3) is 0.500. The molecule has 7 heteroatoms. The first-order chi connectivity index (χ1) is 12.2. The quantitative estimate of drug-likeness (QED) is 0.845. The van der Waals surface area contributed by atoms with Crippen LogP contribution in [0.15, 0.2) is 35.2 Å². The molecule has 0 unspecified atom stereocenters. The number of rotatable bonds is 4. The van der Waals surface area contributed by atoms with Crippen LogP contribution in [0.25, 0.3) is 0 Å². The topological polar surface area (TPSA) is 77.7 Å². The maximum absolute atomic E-state index is 12.9. The first-order valence-corrected chi connectivity index (χ1v) is 8.58. The number of aromatic nitrogens is 2. The van der Waals surface area contributed by atoms with Crippen LogP contribution in [0.3, 0.4) is 0 Å². The van der Waals surface area contributed by atoms with E-state index in [1.54, 1.807) is 19.3 Å². The van der Waals surface area contributed by atoms with Gasteiger partial charge in [0.2, 0.25) is 0 Å². The van der Waals surface area contributed by atoms with Crippen molar-refractivity contribution in [2.24, 2.45) is 0 Å². The van der Waals surface area contributed by atoms with E-state index < -0.39 is 0 Å². The summed E-state index contributed by atoms with van der Waals surface area (Å²) >= 11 is 0. The maximum atomic E-state index is 12.9. The molecule has 3 atom stereocenters. The summed E-state index contributed by atoms with van der Waals surface area (Å²) in [5.41, 5.74) is 1.52. The van der Waals surface area contributed by atoms with Crippen molar-refractivity contribution in [2.45, 2.75) is 44.6 Å². The van der Waals surface area contributed by atoms with Crippen LogP contribution in [0.4, 0.5) is 0 Å². The van der Waals surface area contributed by atoms with Crippen molar-refractivity contribution in [3.05, 3.63) is 47.6 Å². The smallest absolute Gasteiger partial charge is 0.259 e. The Bertz CT molecular complexity index is 733. The van der Waals surface area contributed by atoms with Crippen LogP contribution in [-0.4, -0.2) is 52.3 Å². The lowest BCUT2D eigenvalue weighted by atomic mass is 10.0. The second kappa shape index (κ2) is 6.93. The summed E-state index contributed by atoms with van der Waals surface area (Å²) in [5, 5.41) is 3.72. The van der Waals surface area contributed by atoms with Crippen molar-refractivity contribution < 1.29 is 18.8 Å². The molecule has 4 heterocycles. The van der Waals surface area contributed by atoms with Gasteiger partial charge in [0.1, 0.15) is 23.5 Å². The highest BCUT2D eigenvalue weighted by Gasteiger charge is 2.47. The molecular formula is C18H21N3O4. The number of pyridine rings is 1. The second-order valence-electron chi connectivity index (χ2n) is 6.51. The molecule has 0 aliphatic carbocycles. The molecule has 0 bridgehead atoms. The van der Waals surface area contributed by atoms with Crippen molar-refractivity contribution in [1.82, 2.24) is 15.0 Å². The van der Waals surface area contributed by atoms with Gasteiger partial charge in [-0.25, -0.2) is 0 Å². The predicted molar refractivity (Wildman–Crippen MR) is 87.9 cm³/mol. The first kappa shape index (κ1) is 16.2. The van der Waals surface area contributed by atoms with Gasteiger partial charge in [-0.15, -0.1) is 0 Å². The molecule has 132 valence electrons. The third-order valence-electron chi connectivity index (χ3n) is 4.91. The van der Waals surface area contributed by atoms with Crippen molar-refractivity contribution >= 4 is 5.91 Å². The van der Waals surface area contributed by atoms with Crippen LogP contribution in [0, 0.1) is 6.92 Å². The van der Waals surface area contributed by atoms with E-state index in [1.165, 1.54) is 6.20 Å². The number of fused-ring (bicyclic) bond motifs is 1. The minimum absolute atomic E-state index is 0.0365. The minimum atomic E-state index is -0.144. The van der Waals surface area contributed by atoms with E-state index in [2.05, 4.69) is 10.1 Å². The summed E-state index contributed by atoms with van der Waals surface area (Å²) in [6.07, 6.45) is 6.65. The summed E-state index contributed by atoms with van der Waals surface area (Å²) in [6.45, 7) is 3.43. The third-order valence-corrected chi connectivity index (χ3v) is 4.91. The van der Waals surface area contributed by atoms with Crippen LogP contribution in [0.1, 0.15) is 34.5 Å². The summed E-state index contributed by atoms with van der Waals surface area (Å²) in [4.78, 5) is 18.9. The lowest BCUT2D eigenvalue weighted by molar-refractivity contribution is -0.0810. The minimum Gasteiger partial charge on any atom is -0.373 e. The van der Waals surface area contributed by atoms with Gasteiger partial charge in [0.15, 0.2) is 0 Å². The number of amides is 1. The summed E-state index contributed by atoms with van der Waals surface area (Å²) in [5.74, 6) is 0.477. The second-order valence-corrected chi connectivity index (χ2v) is 6.51. The normalized spacial score (nSPS) is 25.8. The number of likely N-dealkylation sites (tertiary alicyclic amines) is 1.